The standard InChI is InChI=1S/C53H43N/c1-53(2,3)43-28-34-48-50(36-43)49-35-42(27-33-47(49)52(48)41-19-11-6-12-20-41)46-21-13-14-22-51(46)54(44-29-23-39(24-30-44)37-15-7-4-8-16-37)45-31-25-40(26-32-45)38-17-9-5-10-18-38/h4-36,52H,1-3H3. The van der Waals surface area contributed by atoms with Gasteiger partial charge in [-0.25, -0.2) is 0 Å². The highest BCUT2D eigenvalue weighted by molar-refractivity contribution is 5.92. The van der Waals surface area contributed by atoms with Gasteiger partial charge in [0.2, 0.25) is 0 Å². The van der Waals surface area contributed by atoms with Gasteiger partial charge in [0, 0.05) is 22.9 Å². The van der Waals surface area contributed by atoms with E-state index >= 15 is 0 Å². The van der Waals surface area contributed by atoms with Gasteiger partial charge in [-0.1, -0.05) is 185 Å². The topological polar surface area (TPSA) is 3.24 Å². The average molecular weight is 694 g/mol. The Morgan fingerprint density at radius 3 is 1.37 bits per heavy atom. The molecule has 1 atom stereocenters. The maximum atomic E-state index is 2.45. The molecule has 0 spiro atoms. The van der Waals surface area contributed by atoms with Crippen molar-refractivity contribution in [2.75, 3.05) is 4.90 Å². The molecular weight excluding hydrogens is 651 g/mol. The van der Waals surface area contributed by atoms with E-state index < -0.39 is 0 Å². The number of hydrogen-bond donors (Lipinski definition) is 0. The number of benzene rings is 8. The molecule has 0 N–H and O–H groups in total. The minimum absolute atomic E-state index is 0.0524. The van der Waals surface area contributed by atoms with Crippen LogP contribution in [0.5, 0.6) is 0 Å². The Kier molecular flexibility index (Phi) is 8.56. The van der Waals surface area contributed by atoms with Crippen molar-refractivity contribution in [1.29, 1.82) is 0 Å². The van der Waals surface area contributed by atoms with Gasteiger partial charge >= 0.3 is 0 Å². The van der Waals surface area contributed by atoms with E-state index in [0.717, 1.165) is 17.1 Å². The summed E-state index contributed by atoms with van der Waals surface area (Å²) >= 11 is 0. The van der Waals surface area contributed by atoms with E-state index in [1.54, 1.807) is 0 Å². The second-order valence-corrected chi connectivity index (χ2v) is 15.4. The smallest absolute Gasteiger partial charge is 0.0540 e. The fourth-order valence-electron chi connectivity index (χ4n) is 8.10. The summed E-state index contributed by atoms with van der Waals surface area (Å²) in [6.45, 7) is 6.91. The maximum absolute atomic E-state index is 2.45. The van der Waals surface area contributed by atoms with Gasteiger partial charge in [0.1, 0.15) is 0 Å². The predicted octanol–water partition coefficient (Wildman–Crippen LogP) is 14.6. The van der Waals surface area contributed by atoms with Gasteiger partial charge in [-0.2, -0.15) is 0 Å². The Bertz CT molecular complexity index is 2460. The molecule has 1 unspecified atom stereocenters. The molecule has 0 aliphatic heterocycles. The van der Waals surface area contributed by atoms with Gasteiger partial charge < -0.3 is 4.90 Å². The molecule has 260 valence electrons. The highest BCUT2D eigenvalue weighted by Gasteiger charge is 2.32. The van der Waals surface area contributed by atoms with Crippen LogP contribution in [0.4, 0.5) is 17.1 Å². The zero-order valence-corrected chi connectivity index (χ0v) is 31.1. The van der Waals surface area contributed by atoms with Crippen molar-refractivity contribution in [2.45, 2.75) is 32.1 Å². The SMILES string of the molecule is CC(C)(C)c1ccc2c(c1)-c1cc(-c3ccccc3N(c3ccc(-c4ccccc4)cc3)c3ccc(-c4ccccc4)cc3)ccc1C2c1ccccc1. The fraction of sp³-hybridized carbons (Fsp3) is 0.0943. The second-order valence-electron chi connectivity index (χ2n) is 15.4. The third kappa shape index (κ3) is 6.22. The first kappa shape index (κ1) is 33.4. The lowest BCUT2D eigenvalue weighted by molar-refractivity contribution is 0.590. The van der Waals surface area contributed by atoms with Crippen molar-refractivity contribution < 1.29 is 0 Å². The number of nitrogens with zero attached hydrogens (tertiary/aromatic N) is 1. The first-order valence-electron chi connectivity index (χ1n) is 19.0. The Morgan fingerprint density at radius 2 is 0.815 bits per heavy atom. The van der Waals surface area contributed by atoms with Crippen molar-refractivity contribution in [3.63, 3.8) is 0 Å². The van der Waals surface area contributed by atoms with Crippen LogP contribution < -0.4 is 4.90 Å². The Labute approximate surface area is 319 Å². The van der Waals surface area contributed by atoms with Crippen molar-refractivity contribution >= 4 is 17.1 Å². The molecule has 0 radical (unpaired) electrons. The molecule has 1 heteroatoms. The van der Waals surface area contributed by atoms with Gasteiger partial charge in [0.15, 0.2) is 0 Å². The minimum Gasteiger partial charge on any atom is -0.310 e. The van der Waals surface area contributed by atoms with Crippen molar-refractivity contribution in [1.82, 2.24) is 0 Å². The van der Waals surface area contributed by atoms with Gasteiger partial charge in [-0.15, -0.1) is 0 Å². The fourth-order valence-corrected chi connectivity index (χ4v) is 8.10. The number of anilines is 3. The number of hydrogen-bond acceptors (Lipinski definition) is 1. The summed E-state index contributed by atoms with van der Waals surface area (Å²) in [6, 6.07) is 73.3. The lowest BCUT2D eigenvalue weighted by Gasteiger charge is -2.28. The van der Waals surface area contributed by atoms with Crippen LogP contribution in [0.15, 0.2) is 200 Å². The van der Waals surface area contributed by atoms with Crippen LogP contribution in [0, 0.1) is 0 Å². The number of fused-ring (bicyclic) bond motifs is 3. The molecule has 1 aliphatic rings. The Morgan fingerprint density at radius 1 is 0.370 bits per heavy atom. The lowest BCUT2D eigenvalue weighted by Crippen LogP contribution is -2.11. The van der Waals surface area contributed by atoms with Crippen molar-refractivity contribution in [3.05, 3.63) is 222 Å². The molecule has 1 aliphatic carbocycles. The molecule has 54 heavy (non-hydrogen) atoms. The molecule has 0 amide bonds. The van der Waals surface area contributed by atoms with Crippen molar-refractivity contribution in [2.24, 2.45) is 0 Å². The summed E-state index contributed by atoms with van der Waals surface area (Å²) in [5, 5.41) is 0. The van der Waals surface area contributed by atoms with Crippen LogP contribution >= 0.6 is 0 Å². The van der Waals surface area contributed by atoms with Crippen LogP contribution in [0.3, 0.4) is 0 Å². The molecule has 0 aromatic heterocycles. The molecular formula is C53H43N. The maximum Gasteiger partial charge on any atom is 0.0540 e. The number of para-hydroxylation sites is 1. The highest BCUT2D eigenvalue weighted by Crippen LogP contribution is 2.51. The van der Waals surface area contributed by atoms with Crippen LogP contribution in [-0.2, 0) is 5.41 Å². The molecule has 8 aromatic carbocycles. The molecule has 0 saturated carbocycles. The van der Waals surface area contributed by atoms with Gasteiger partial charge in [-0.3, -0.25) is 0 Å². The molecule has 0 heterocycles. The second kappa shape index (κ2) is 13.8. The predicted molar refractivity (Wildman–Crippen MR) is 229 cm³/mol. The van der Waals surface area contributed by atoms with Crippen molar-refractivity contribution in [3.8, 4) is 44.5 Å². The first-order valence-corrected chi connectivity index (χ1v) is 19.0. The van der Waals surface area contributed by atoms with Crippen LogP contribution in [0.1, 0.15) is 48.9 Å². The van der Waals surface area contributed by atoms with E-state index in [4.69, 9.17) is 0 Å². The normalized spacial score (nSPS) is 13.3. The monoisotopic (exact) mass is 693 g/mol. The summed E-state index contributed by atoms with van der Waals surface area (Å²) in [6.07, 6.45) is 0. The van der Waals surface area contributed by atoms with Gasteiger partial charge in [0.25, 0.3) is 0 Å². The zero-order valence-electron chi connectivity index (χ0n) is 31.1. The van der Waals surface area contributed by atoms with Gasteiger partial charge in [0.05, 0.1) is 5.69 Å². The zero-order chi connectivity index (χ0) is 36.6. The van der Waals surface area contributed by atoms with E-state index in [-0.39, 0.29) is 11.3 Å². The van der Waals surface area contributed by atoms with E-state index in [1.807, 2.05) is 0 Å². The largest absolute Gasteiger partial charge is 0.310 e. The Balaban J connectivity index is 1.19. The van der Waals surface area contributed by atoms with Crippen LogP contribution in [0.25, 0.3) is 44.5 Å². The first-order chi connectivity index (χ1) is 26.4. The van der Waals surface area contributed by atoms with Crippen LogP contribution in [-0.4, -0.2) is 0 Å². The highest BCUT2D eigenvalue weighted by atomic mass is 15.1. The third-order valence-electron chi connectivity index (χ3n) is 10.9. The van der Waals surface area contributed by atoms with Gasteiger partial charge in [-0.05, 0) is 103 Å². The summed E-state index contributed by atoms with van der Waals surface area (Å²) < 4.78 is 0. The molecule has 8 aromatic rings. The molecule has 0 saturated heterocycles. The minimum atomic E-state index is 0.0524. The van der Waals surface area contributed by atoms with E-state index in [0.29, 0.717) is 0 Å². The molecule has 1 nitrogen and oxygen atoms in total. The molecule has 9 rings (SSSR count). The van der Waals surface area contributed by atoms with E-state index in [2.05, 4.69) is 226 Å². The molecule has 0 fully saturated rings. The summed E-state index contributed by atoms with van der Waals surface area (Å²) in [5.41, 5.74) is 18.7. The quantitative estimate of drug-likeness (QED) is 0.161. The van der Waals surface area contributed by atoms with E-state index in [9.17, 15) is 0 Å². The lowest BCUT2D eigenvalue weighted by atomic mass is 9.84. The van der Waals surface area contributed by atoms with E-state index in [1.165, 1.54) is 66.8 Å². The van der Waals surface area contributed by atoms with Crippen LogP contribution in [0.2, 0.25) is 0 Å². The summed E-state index contributed by atoms with van der Waals surface area (Å²) in [7, 11) is 0. The summed E-state index contributed by atoms with van der Waals surface area (Å²) in [5.74, 6) is 0.206. The third-order valence-corrected chi connectivity index (χ3v) is 10.9. The average Bonchev–Trinajstić information content (AvgIpc) is 3.55. The Hall–Kier alpha value is -6.44. The summed E-state index contributed by atoms with van der Waals surface area (Å²) in [4.78, 5) is 2.41. The molecule has 0 bridgehead atoms. The number of rotatable bonds is 7.